The first-order chi connectivity index (χ1) is 13.1. The SMILES string of the molecule is COC(=O)C1=C(C)N=C2CC(C)(C)CC(=O)C2C1c1cc([N+](=O)[O-])ccc1Cl. The second-order valence-electron chi connectivity index (χ2n) is 8.00. The molecule has 1 aliphatic carbocycles. The maximum atomic E-state index is 13.1. The van der Waals surface area contributed by atoms with Gasteiger partial charge in [-0.25, -0.2) is 4.79 Å². The molecular formula is C20H21ClN2O5. The van der Waals surface area contributed by atoms with Gasteiger partial charge >= 0.3 is 5.97 Å². The van der Waals surface area contributed by atoms with Crippen LogP contribution in [-0.4, -0.2) is 29.5 Å². The molecule has 8 heteroatoms. The average molecular weight is 405 g/mol. The van der Waals surface area contributed by atoms with Gasteiger partial charge in [0.15, 0.2) is 0 Å². The summed E-state index contributed by atoms with van der Waals surface area (Å²) in [7, 11) is 1.25. The van der Waals surface area contributed by atoms with Gasteiger partial charge in [-0.2, -0.15) is 0 Å². The largest absolute Gasteiger partial charge is 0.466 e. The molecule has 1 heterocycles. The number of fused-ring (bicyclic) bond motifs is 1. The van der Waals surface area contributed by atoms with Crippen molar-refractivity contribution in [1.82, 2.24) is 0 Å². The van der Waals surface area contributed by atoms with E-state index in [1.54, 1.807) is 6.92 Å². The minimum atomic E-state index is -0.768. The van der Waals surface area contributed by atoms with Crippen molar-refractivity contribution in [1.29, 1.82) is 0 Å². The molecule has 1 aromatic carbocycles. The summed E-state index contributed by atoms with van der Waals surface area (Å²) in [5, 5.41) is 11.5. The minimum absolute atomic E-state index is 0.0588. The summed E-state index contributed by atoms with van der Waals surface area (Å²) in [6.07, 6.45) is 0.922. The number of ether oxygens (including phenoxy) is 1. The zero-order chi connectivity index (χ0) is 20.8. The smallest absolute Gasteiger partial charge is 0.336 e. The van der Waals surface area contributed by atoms with E-state index >= 15 is 0 Å². The van der Waals surface area contributed by atoms with Crippen molar-refractivity contribution in [3.8, 4) is 0 Å². The fraction of sp³-hybridized carbons (Fsp3) is 0.450. The number of aliphatic imine (C=N–C) groups is 1. The molecule has 1 fully saturated rings. The number of rotatable bonds is 3. The number of methoxy groups -OCH3 is 1. The molecule has 0 aromatic heterocycles. The van der Waals surface area contributed by atoms with Crippen LogP contribution >= 0.6 is 11.6 Å². The molecule has 2 aliphatic rings. The summed E-state index contributed by atoms with van der Waals surface area (Å²) in [6.45, 7) is 5.67. The number of non-ortho nitro benzene ring substituents is 1. The van der Waals surface area contributed by atoms with Gasteiger partial charge in [0.25, 0.3) is 5.69 Å². The number of Topliss-reactive ketones (excluding diaryl/α,β-unsaturated/α-hetero) is 1. The molecule has 0 radical (unpaired) electrons. The van der Waals surface area contributed by atoms with Crippen molar-refractivity contribution < 1.29 is 19.2 Å². The predicted octanol–water partition coefficient (Wildman–Crippen LogP) is 4.24. The highest BCUT2D eigenvalue weighted by Gasteiger charge is 2.48. The van der Waals surface area contributed by atoms with Gasteiger partial charge < -0.3 is 4.74 Å². The first-order valence-corrected chi connectivity index (χ1v) is 9.26. The number of halogens is 1. The maximum absolute atomic E-state index is 13.1. The molecule has 0 spiro atoms. The Morgan fingerprint density at radius 3 is 2.61 bits per heavy atom. The number of nitro benzene ring substituents is 1. The fourth-order valence-corrected chi connectivity index (χ4v) is 4.42. The quantitative estimate of drug-likeness (QED) is 0.426. The van der Waals surface area contributed by atoms with E-state index in [1.165, 1.54) is 25.3 Å². The summed E-state index contributed by atoms with van der Waals surface area (Å²) in [6, 6.07) is 4.05. The van der Waals surface area contributed by atoms with Crippen LogP contribution in [0.1, 0.15) is 45.1 Å². The molecule has 0 saturated heterocycles. The number of hydrogen-bond acceptors (Lipinski definition) is 6. The van der Waals surface area contributed by atoms with Crippen LogP contribution in [0.5, 0.6) is 0 Å². The van der Waals surface area contributed by atoms with Gasteiger partial charge in [-0.15, -0.1) is 0 Å². The molecule has 1 saturated carbocycles. The number of nitro groups is 1. The van der Waals surface area contributed by atoms with Gasteiger partial charge in [-0.05, 0) is 30.4 Å². The number of carbonyl (C=O) groups excluding carboxylic acids is 2. The lowest BCUT2D eigenvalue weighted by Gasteiger charge is -2.41. The van der Waals surface area contributed by atoms with Crippen LogP contribution in [0.15, 0.2) is 34.5 Å². The topological polar surface area (TPSA) is 98.9 Å². The van der Waals surface area contributed by atoms with E-state index in [4.69, 9.17) is 16.3 Å². The van der Waals surface area contributed by atoms with E-state index in [0.717, 1.165) is 0 Å². The van der Waals surface area contributed by atoms with Gasteiger partial charge in [0, 0.05) is 40.9 Å². The maximum Gasteiger partial charge on any atom is 0.336 e. The third kappa shape index (κ3) is 3.46. The summed E-state index contributed by atoms with van der Waals surface area (Å²) in [5.41, 5.74) is 1.30. The molecule has 0 amide bonds. The number of benzene rings is 1. The highest BCUT2D eigenvalue weighted by Crippen LogP contribution is 2.48. The average Bonchev–Trinajstić information content (AvgIpc) is 2.59. The number of hydrogen-bond donors (Lipinski definition) is 0. The van der Waals surface area contributed by atoms with Crippen molar-refractivity contribution >= 4 is 34.8 Å². The van der Waals surface area contributed by atoms with E-state index in [2.05, 4.69) is 4.99 Å². The Balaban J connectivity index is 2.26. The summed E-state index contributed by atoms with van der Waals surface area (Å²) >= 11 is 6.38. The zero-order valence-corrected chi connectivity index (χ0v) is 16.9. The Morgan fingerprint density at radius 2 is 2.00 bits per heavy atom. The summed E-state index contributed by atoms with van der Waals surface area (Å²) < 4.78 is 4.93. The van der Waals surface area contributed by atoms with Gasteiger partial charge in [-0.3, -0.25) is 19.9 Å². The molecule has 3 rings (SSSR count). The first-order valence-electron chi connectivity index (χ1n) is 8.89. The Bertz CT molecular complexity index is 948. The lowest BCUT2D eigenvalue weighted by molar-refractivity contribution is -0.384. The number of nitrogens with zero attached hydrogens (tertiary/aromatic N) is 2. The lowest BCUT2D eigenvalue weighted by atomic mass is 9.63. The zero-order valence-electron chi connectivity index (χ0n) is 16.1. The van der Waals surface area contributed by atoms with Gasteiger partial charge in [0.1, 0.15) is 5.78 Å². The summed E-state index contributed by atoms with van der Waals surface area (Å²) in [5.74, 6) is -2.14. The van der Waals surface area contributed by atoms with Crippen LogP contribution in [0.2, 0.25) is 5.02 Å². The van der Waals surface area contributed by atoms with E-state index < -0.39 is 22.7 Å². The lowest BCUT2D eigenvalue weighted by Crippen LogP contribution is -2.44. The standard InChI is InChI=1S/C20H21ClN2O5/c1-10-16(19(25)28-4)17(12-7-11(23(26)27)5-6-13(12)21)18-14(22-10)8-20(2,3)9-15(18)24/h5-7,17-18H,8-9H2,1-4H3. The molecule has 28 heavy (non-hydrogen) atoms. The third-order valence-corrected chi connectivity index (χ3v) is 5.64. The molecule has 7 nitrogen and oxygen atoms in total. The van der Waals surface area contributed by atoms with Crippen LogP contribution in [0, 0.1) is 21.4 Å². The number of allylic oxidation sites excluding steroid dienone is 1. The number of esters is 1. The summed E-state index contributed by atoms with van der Waals surface area (Å²) in [4.78, 5) is 41.0. The third-order valence-electron chi connectivity index (χ3n) is 5.29. The molecule has 2 unspecified atom stereocenters. The predicted molar refractivity (Wildman–Crippen MR) is 105 cm³/mol. The van der Waals surface area contributed by atoms with Crippen LogP contribution in [0.4, 0.5) is 5.69 Å². The molecule has 148 valence electrons. The first kappa shape index (κ1) is 20.2. The second kappa shape index (κ2) is 7.13. The van der Waals surface area contributed by atoms with Gasteiger partial charge in [0.2, 0.25) is 0 Å². The number of carbonyl (C=O) groups is 2. The molecule has 0 N–H and O–H groups in total. The van der Waals surface area contributed by atoms with E-state index in [1.807, 2.05) is 13.8 Å². The monoisotopic (exact) mass is 404 g/mol. The highest BCUT2D eigenvalue weighted by molar-refractivity contribution is 6.31. The Morgan fingerprint density at radius 1 is 1.32 bits per heavy atom. The van der Waals surface area contributed by atoms with E-state index in [-0.39, 0.29) is 27.5 Å². The fourth-order valence-electron chi connectivity index (χ4n) is 4.19. The van der Waals surface area contributed by atoms with Crippen molar-refractivity contribution in [2.24, 2.45) is 16.3 Å². The van der Waals surface area contributed by atoms with E-state index in [9.17, 15) is 19.7 Å². The van der Waals surface area contributed by atoms with Crippen molar-refractivity contribution in [2.45, 2.75) is 39.5 Å². The Hall–Kier alpha value is -2.54. The molecular weight excluding hydrogens is 384 g/mol. The van der Waals surface area contributed by atoms with Crippen molar-refractivity contribution in [3.63, 3.8) is 0 Å². The Kier molecular flexibility index (Phi) is 5.14. The van der Waals surface area contributed by atoms with Crippen molar-refractivity contribution in [2.75, 3.05) is 7.11 Å². The van der Waals surface area contributed by atoms with Gasteiger partial charge in [0.05, 0.1) is 23.5 Å². The van der Waals surface area contributed by atoms with Crippen LogP contribution in [0.3, 0.4) is 0 Å². The minimum Gasteiger partial charge on any atom is -0.466 e. The normalized spacial score (nSPS) is 23.8. The number of ketones is 1. The molecule has 0 bridgehead atoms. The van der Waals surface area contributed by atoms with Gasteiger partial charge in [-0.1, -0.05) is 25.4 Å². The molecule has 1 aliphatic heterocycles. The Labute approximate surface area is 167 Å². The van der Waals surface area contributed by atoms with Crippen LogP contribution in [-0.2, 0) is 14.3 Å². The van der Waals surface area contributed by atoms with Crippen molar-refractivity contribution in [3.05, 3.63) is 50.2 Å². The van der Waals surface area contributed by atoms with E-state index in [0.29, 0.717) is 29.8 Å². The highest BCUT2D eigenvalue weighted by atomic mass is 35.5. The molecule has 2 atom stereocenters. The van der Waals surface area contributed by atoms with Crippen LogP contribution < -0.4 is 0 Å². The molecule has 1 aromatic rings. The second-order valence-corrected chi connectivity index (χ2v) is 8.40. The van der Waals surface area contributed by atoms with Crippen LogP contribution in [0.25, 0.3) is 0 Å².